The van der Waals surface area contributed by atoms with Crippen LogP contribution in [0.1, 0.15) is 40.5 Å². The van der Waals surface area contributed by atoms with Gasteiger partial charge >= 0.3 is 0 Å². The van der Waals surface area contributed by atoms with Crippen molar-refractivity contribution in [2.75, 3.05) is 17.7 Å². The van der Waals surface area contributed by atoms with Gasteiger partial charge in [-0.15, -0.1) is 0 Å². The summed E-state index contributed by atoms with van der Waals surface area (Å²) in [7, 11) is -3.27. The summed E-state index contributed by atoms with van der Waals surface area (Å²) in [5, 5.41) is 0.780. The fraction of sp³-hybridized carbons (Fsp3) is 1.00. The lowest BCUT2D eigenvalue weighted by Crippen LogP contribution is -2.47. The normalized spacial score (nSPS) is 16.1. The lowest BCUT2D eigenvalue weighted by molar-refractivity contribution is 0.0910. The number of halogens is 1. The van der Waals surface area contributed by atoms with E-state index < -0.39 is 10.0 Å². The van der Waals surface area contributed by atoms with Crippen LogP contribution in [0.25, 0.3) is 0 Å². The highest BCUT2D eigenvalue weighted by molar-refractivity contribution is 9.09. The van der Waals surface area contributed by atoms with Gasteiger partial charge in [-0.3, -0.25) is 0 Å². The molecule has 0 aliphatic heterocycles. The molecule has 0 heterocycles. The summed E-state index contributed by atoms with van der Waals surface area (Å²) < 4.78 is 31.7. The Bertz CT molecular complexity index is 306. The quantitative estimate of drug-likeness (QED) is 0.660. The van der Waals surface area contributed by atoms with Crippen LogP contribution in [0, 0.1) is 0 Å². The second-order valence-corrected chi connectivity index (χ2v) is 7.33. The van der Waals surface area contributed by atoms with E-state index in [1.54, 1.807) is 0 Å². The molecule has 0 fully saturated rings. The van der Waals surface area contributed by atoms with Crippen LogP contribution in [0.2, 0.25) is 0 Å². The maximum atomic E-state index is 11.9. The van der Waals surface area contributed by atoms with Gasteiger partial charge in [-0.05, 0) is 33.6 Å². The van der Waals surface area contributed by atoms with Gasteiger partial charge in [-0.1, -0.05) is 22.9 Å². The third-order valence-electron chi connectivity index (χ3n) is 2.63. The molecule has 0 spiro atoms. The van der Waals surface area contributed by atoms with Crippen molar-refractivity contribution in [2.24, 2.45) is 0 Å². The van der Waals surface area contributed by atoms with Crippen molar-refractivity contribution < 1.29 is 13.2 Å². The van der Waals surface area contributed by atoms with E-state index in [2.05, 4.69) is 20.7 Å². The molecule has 0 aliphatic carbocycles. The molecule has 6 heteroatoms. The largest absolute Gasteiger partial charge is 0.378 e. The maximum absolute atomic E-state index is 11.9. The number of nitrogens with one attached hydrogen (secondary N) is 1. The summed E-state index contributed by atoms with van der Waals surface area (Å²) >= 11 is 3.35. The van der Waals surface area contributed by atoms with Crippen molar-refractivity contribution in [1.82, 2.24) is 4.72 Å². The van der Waals surface area contributed by atoms with E-state index in [0.29, 0.717) is 0 Å². The van der Waals surface area contributed by atoms with Crippen molar-refractivity contribution in [3.63, 3.8) is 0 Å². The molecule has 0 aromatic rings. The highest BCUT2D eigenvalue weighted by atomic mass is 79.9. The van der Waals surface area contributed by atoms with Gasteiger partial charge in [-0.2, -0.15) is 0 Å². The van der Waals surface area contributed by atoms with E-state index in [4.69, 9.17) is 4.74 Å². The molecule has 4 nitrogen and oxygen atoms in total. The van der Waals surface area contributed by atoms with E-state index >= 15 is 0 Å². The highest BCUT2D eigenvalue weighted by Gasteiger charge is 2.27. The Hall–Kier alpha value is 0.350. The van der Waals surface area contributed by atoms with Crippen molar-refractivity contribution in [2.45, 2.75) is 52.2 Å². The fourth-order valence-electron chi connectivity index (χ4n) is 1.33. The second kappa shape index (κ2) is 7.71. The van der Waals surface area contributed by atoms with Gasteiger partial charge in [0.25, 0.3) is 0 Å². The molecule has 0 bridgehead atoms. The van der Waals surface area contributed by atoms with Gasteiger partial charge in [0, 0.05) is 10.9 Å². The Morgan fingerprint density at radius 3 is 2.41 bits per heavy atom. The number of hydrogen-bond acceptors (Lipinski definition) is 3. The standard InChI is InChI=1S/C11H24BrNO3S/c1-5-11(4,6-7-12)13-17(14,15)9-8-16-10(2)3/h10,13H,5-9H2,1-4H3. The van der Waals surface area contributed by atoms with Crippen molar-refractivity contribution >= 4 is 26.0 Å². The SMILES string of the molecule is CCC(C)(CCBr)NS(=O)(=O)CCOC(C)C. The van der Waals surface area contributed by atoms with Crippen LogP contribution in [0.5, 0.6) is 0 Å². The minimum atomic E-state index is -3.27. The molecule has 0 saturated heterocycles. The Morgan fingerprint density at radius 2 is 2.00 bits per heavy atom. The van der Waals surface area contributed by atoms with Crippen LogP contribution >= 0.6 is 15.9 Å². The van der Waals surface area contributed by atoms with Gasteiger partial charge in [0.2, 0.25) is 10.0 Å². The lowest BCUT2D eigenvalue weighted by Gasteiger charge is -2.28. The van der Waals surface area contributed by atoms with E-state index in [-0.39, 0.29) is 24.0 Å². The molecule has 0 aromatic carbocycles. The first kappa shape index (κ1) is 17.4. The predicted octanol–water partition coefficient (Wildman–Crippen LogP) is 2.28. The molecule has 1 N–H and O–H groups in total. The van der Waals surface area contributed by atoms with Crippen molar-refractivity contribution in [3.05, 3.63) is 0 Å². The van der Waals surface area contributed by atoms with Gasteiger partial charge in [0.15, 0.2) is 0 Å². The van der Waals surface area contributed by atoms with Crippen LogP contribution in [-0.2, 0) is 14.8 Å². The summed E-state index contributed by atoms with van der Waals surface area (Å²) in [4.78, 5) is 0. The van der Waals surface area contributed by atoms with Gasteiger partial charge in [0.05, 0.1) is 18.5 Å². The fourth-order valence-corrected chi connectivity index (χ4v) is 3.62. The molecule has 0 aliphatic rings. The number of sulfonamides is 1. The Morgan fingerprint density at radius 1 is 1.41 bits per heavy atom. The maximum Gasteiger partial charge on any atom is 0.214 e. The topological polar surface area (TPSA) is 55.4 Å². The van der Waals surface area contributed by atoms with E-state index in [1.807, 2.05) is 27.7 Å². The van der Waals surface area contributed by atoms with Gasteiger partial charge < -0.3 is 4.74 Å². The molecular formula is C11H24BrNO3S. The molecular weight excluding hydrogens is 306 g/mol. The minimum absolute atomic E-state index is 0.0169. The van der Waals surface area contributed by atoms with Crippen molar-refractivity contribution in [3.8, 4) is 0 Å². The Balaban J connectivity index is 4.32. The summed E-state index contributed by atoms with van der Waals surface area (Å²) in [6.07, 6.45) is 1.60. The van der Waals surface area contributed by atoms with E-state index in [1.165, 1.54) is 0 Å². The van der Waals surface area contributed by atoms with Crippen LogP contribution in [-0.4, -0.2) is 37.8 Å². The number of alkyl halides is 1. The van der Waals surface area contributed by atoms with E-state index in [9.17, 15) is 8.42 Å². The monoisotopic (exact) mass is 329 g/mol. The number of rotatable bonds is 9. The average molecular weight is 330 g/mol. The first-order valence-corrected chi connectivity index (χ1v) is 8.71. The molecule has 0 radical (unpaired) electrons. The molecule has 1 unspecified atom stereocenters. The minimum Gasteiger partial charge on any atom is -0.378 e. The second-order valence-electron chi connectivity index (χ2n) is 4.69. The first-order valence-electron chi connectivity index (χ1n) is 5.94. The number of ether oxygens (including phenoxy) is 1. The smallest absolute Gasteiger partial charge is 0.214 e. The summed E-state index contributed by atoms with van der Waals surface area (Å²) in [6, 6.07) is 0. The molecule has 0 saturated carbocycles. The molecule has 104 valence electrons. The zero-order valence-corrected chi connectivity index (χ0v) is 13.5. The summed E-state index contributed by atoms with van der Waals surface area (Å²) in [5.74, 6) is 0.0169. The summed E-state index contributed by atoms with van der Waals surface area (Å²) in [5.41, 5.74) is -0.375. The first-order chi connectivity index (χ1) is 7.74. The Labute approximate surface area is 114 Å². The van der Waals surface area contributed by atoms with Crippen LogP contribution < -0.4 is 4.72 Å². The van der Waals surface area contributed by atoms with Gasteiger partial charge in [-0.25, -0.2) is 13.1 Å². The molecule has 0 rings (SSSR count). The molecule has 1 atom stereocenters. The van der Waals surface area contributed by atoms with Crippen LogP contribution in [0.4, 0.5) is 0 Å². The average Bonchev–Trinajstić information content (AvgIpc) is 2.16. The molecule has 17 heavy (non-hydrogen) atoms. The predicted molar refractivity (Wildman–Crippen MR) is 75.1 cm³/mol. The lowest BCUT2D eigenvalue weighted by atomic mass is 9.98. The third-order valence-corrected chi connectivity index (χ3v) is 4.54. The number of hydrogen-bond donors (Lipinski definition) is 1. The zero-order chi connectivity index (χ0) is 13.5. The highest BCUT2D eigenvalue weighted by Crippen LogP contribution is 2.17. The van der Waals surface area contributed by atoms with Crippen molar-refractivity contribution in [1.29, 1.82) is 0 Å². The van der Waals surface area contributed by atoms with E-state index in [0.717, 1.165) is 18.2 Å². The zero-order valence-electron chi connectivity index (χ0n) is 11.1. The van der Waals surface area contributed by atoms with Crippen LogP contribution in [0.15, 0.2) is 0 Å². The summed E-state index contributed by atoms with van der Waals surface area (Å²) in [6.45, 7) is 7.92. The molecule has 0 amide bonds. The van der Waals surface area contributed by atoms with Crippen LogP contribution in [0.3, 0.4) is 0 Å². The van der Waals surface area contributed by atoms with Gasteiger partial charge in [0.1, 0.15) is 0 Å². The Kier molecular flexibility index (Phi) is 7.87. The molecule has 0 aromatic heterocycles. The third kappa shape index (κ3) is 8.13.